The molecule has 0 aromatic heterocycles. The Bertz CT molecular complexity index is 151. The zero-order valence-corrected chi connectivity index (χ0v) is 11.5. The molecule has 0 heterocycles. The summed E-state index contributed by atoms with van der Waals surface area (Å²) in [6, 6.07) is -0.592. The lowest BCUT2D eigenvalue weighted by atomic mass is 10.1. The molecule has 1 nitrogen and oxygen atoms in total. The summed E-state index contributed by atoms with van der Waals surface area (Å²) in [5, 5.41) is 2.93. The van der Waals surface area contributed by atoms with Crippen LogP contribution in [0.5, 0.6) is 0 Å². The van der Waals surface area contributed by atoms with Gasteiger partial charge >= 0.3 is 0 Å². The molecule has 0 amide bonds. The van der Waals surface area contributed by atoms with Crippen LogP contribution in [0.25, 0.3) is 0 Å². The molecule has 0 aliphatic rings. The molecular formula is C14H29F2N. The highest BCUT2D eigenvalue weighted by molar-refractivity contribution is 4.69. The van der Waals surface area contributed by atoms with Crippen molar-refractivity contribution in [1.29, 1.82) is 0 Å². The van der Waals surface area contributed by atoms with E-state index in [0.717, 1.165) is 19.3 Å². The lowest BCUT2D eigenvalue weighted by Gasteiger charge is -2.17. The highest BCUT2D eigenvalue weighted by atomic mass is 19.3. The van der Waals surface area contributed by atoms with Crippen molar-refractivity contribution < 1.29 is 8.78 Å². The second-order valence-electron chi connectivity index (χ2n) is 4.81. The van der Waals surface area contributed by atoms with Crippen molar-refractivity contribution in [1.82, 2.24) is 5.32 Å². The normalized spacial score (nSPS) is 13.2. The lowest BCUT2D eigenvalue weighted by molar-refractivity contribution is 0.0928. The van der Waals surface area contributed by atoms with Crippen LogP contribution in [0.2, 0.25) is 0 Å². The van der Waals surface area contributed by atoms with Crippen molar-refractivity contribution in [3.63, 3.8) is 0 Å². The van der Waals surface area contributed by atoms with Gasteiger partial charge in [-0.05, 0) is 19.4 Å². The maximum Gasteiger partial charge on any atom is 0.253 e. The van der Waals surface area contributed by atoms with Gasteiger partial charge in [-0.15, -0.1) is 0 Å². The van der Waals surface area contributed by atoms with E-state index in [9.17, 15) is 8.78 Å². The van der Waals surface area contributed by atoms with Crippen LogP contribution in [0, 0.1) is 0 Å². The molecule has 1 atom stereocenters. The van der Waals surface area contributed by atoms with Crippen LogP contribution >= 0.6 is 0 Å². The van der Waals surface area contributed by atoms with E-state index in [1.807, 2.05) is 6.92 Å². The van der Waals surface area contributed by atoms with Crippen molar-refractivity contribution in [2.45, 2.75) is 84.1 Å². The van der Waals surface area contributed by atoms with Gasteiger partial charge in [-0.2, -0.15) is 0 Å². The molecule has 0 rings (SSSR count). The third kappa shape index (κ3) is 10.7. The van der Waals surface area contributed by atoms with E-state index in [0.29, 0.717) is 13.0 Å². The first kappa shape index (κ1) is 16.8. The van der Waals surface area contributed by atoms with Crippen molar-refractivity contribution in [3.05, 3.63) is 0 Å². The van der Waals surface area contributed by atoms with Crippen molar-refractivity contribution in [2.75, 3.05) is 6.54 Å². The lowest BCUT2D eigenvalue weighted by Crippen LogP contribution is -2.36. The van der Waals surface area contributed by atoms with Crippen molar-refractivity contribution >= 4 is 0 Å². The van der Waals surface area contributed by atoms with Crippen molar-refractivity contribution in [3.8, 4) is 0 Å². The SMILES string of the molecule is CCCCCCCCCC(NCCC)C(F)F. The van der Waals surface area contributed by atoms with Crippen LogP contribution in [0.4, 0.5) is 8.78 Å². The van der Waals surface area contributed by atoms with E-state index in [-0.39, 0.29) is 0 Å². The van der Waals surface area contributed by atoms with E-state index in [1.165, 1.54) is 32.1 Å². The molecule has 0 spiro atoms. The fourth-order valence-electron chi connectivity index (χ4n) is 1.97. The van der Waals surface area contributed by atoms with Gasteiger partial charge < -0.3 is 5.32 Å². The van der Waals surface area contributed by atoms with Gasteiger partial charge in [-0.1, -0.05) is 58.8 Å². The second kappa shape index (κ2) is 12.3. The number of alkyl halides is 2. The molecule has 0 bridgehead atoms. The van der Waals surface area contributed by atoms with Crippen LogP contribution in [0.3, 0.4) is 0 Å². The van der Waals surface area contributed by atoms with Crippen LogP contribution in [-0.4, -0.2) is 19.0 Å². The topological polar surface area (TPSA) is 12.0 Å². The number of halogens is 2. The van der Waals surface area contributed by atoms with Crippen LogP contribution in [0.1, 0.15) is 71.6 Å². The zero-order valence-electron chi connectivity index (χ0n) is 11.5. The third-order valence-corrected chi connectivity index (χ3v) is 3.08. The monoisotopic (exact) mass is 249 g/mol. The minimum atomic E-state index is -2.22. The summed E-state index contributed by atoms with van der Waals surface area (Å²) >= 11 is 0. The van der Waals surface area contributed by atoms with E-state index in [4.69, 9.17) is 0 Å². The molecule has 17 heavy (non-hydrogen) atoms. The highest BCUT2D eigenvalue weighted by Gasteiger charge is 2.18. The maximum absolute atomic E-state index is 12.6. The average Bonchev–Trinajstić information content (AvgIpc) is 2.31. The molecule has 0 aromatic rings. The molecule has 0 radical (unpaired) electrons. The van der Waals surface area contributed by atoms with Gasteiger partial charge in [0, 0.05) is 0 Å². The van der Waals surface area contributed by atoms with Crippen LogP contribution < -0.4 is 5.32 Å². The number of nitrogens with one attached hydrogen (secondary N) is 1. The minimum absolute atomic E-state index is 0.592. The second-order valence-corrected chi connectivity index (χ2v) is 4.81. The Hall–Kier alpha value is -0.180. The van der Waals surface area contributed by atoms with Gasteiger partial charge in [-0.3, -0.25) is 0 Å². The Balaban J connectivity index is 3.41. The van der Waals surface area contributed by atoms with Crippen LogP contribution in [0.15, 0.2) is 0 Å². The van der Waals surface area contributed by atoms with Gasteiger partial charge in [0.1, 0.15) is 0 Å². The Morgan fingerprint density at radius 1 is 0.824 bits per heavy atom. The molecule has 0 aromatic carbocycles. The predicted octanol–water partition coefficient (Wildman–Crippen LogP) is 4.76. The van der Waals surface area contributed by atoms with Gasteiger partial charge in [0.05, 0.1) is 6.04 Å². The molecule has 3 heteroatoms. The third-order valence-electron chi connectivity index (χ3n) is 3.08. The highest BCUT2D eigenvalue weighted by Crippen LogP contribution is 2.13. The first-order valence-corrected chi connectivity index (χ1v) is 7.23. The summed E-state index contributed by atoms with van der Waals surface area (Å²) in [5.74, 6) is 0. The number of rotatable bonds is 12. The standard InChI is InChI=1S/C14H29F2N/c1-3-5-6-7-8-9-10-11-13(14(15)16)17-12-4-2/h13-14,17H,3-12H2,1-2H3. The first-order valence-electron chi connectivity index (χ1n) is 7.23. The van der Waals surface area contributed by atoms with Gasteiger partial charge in [-0.25, -0.2) is 8.78 Å². The average molecular weight is 249 g/mol. The van der Waals surface area contributed by atoms with Gasteiger partial charge in [0.15, 0.2) is 0 Å². The van der Waals surface area contributed by atoms with E-state index < -0.39 is 12.5 Å². The van der Waals surface area contributed by atoms with Crippen molar-refractivity contribution in [2.24, 2.45) is 0 Å². The molecule has 1 unspecified atom stereocenters. The Morgan fingerprint density at radius 3 is 1.94 bits per heavy atom. The molecule has 0 fully saturated rings. The first-order chi connectivity index (χ1) is 8.22. The molecule has 0 aliphatic carbocycles. The van der Waals surface area contributed by atoms with E-state index in [1.54, 1.807) is 0 Å². The summed E-state index contributed by atoms with van der Waals surface area (Å²) < 4.78 is 25.3. The molecule has 0 saturated carbocycles. The summed E-state index contributed by atoms with van der Waals surface area (Å²) in [6.45, 7) is 4.90. The summed E-state index contributed by atoms with van der Waals surface area (Å²) in [6.07, 6.45) is 7.65. The van der Waals surface area contributed by atoms with Gasteiger partial charge in [0.2, 0.25) is 0 Å². The fraction of sp³-hybridized carbons (Fsp3) is 1.00. The largest absolute Gasteiger partial charge is 0.309 e. The Labute approximate surface area is 105 Å². The number of hydrogen-bond acceptors (Lipinski definition) is 1. The summed E-state index contributed by atoms with van der Waals surface area (Å²) in [7, 11) is 0. The Morgan fingerprint density at radius 2 is 1.41 bits per heavy atom. The van der Waals surface area contributed by atoms with Crippen LogP contribution in [-0.2, 0) is 0 Å². The zero-order chi connectivity index (χ0) is 12.9. The van der Waals surface area contributed by atoms with E-state index >= 15 is 0 Å². The molecule has 1 N–H and O–H groups in total. The van der Waals surface area contributed by atoms with Gasteiger partial charge in [0.25, 0.3) is 6.43 Å². The quantitative estimate of drug-likeness (QED) is 0.492. The number of hydrogen-bond donors (Lipinski definition) is 1. The maximum atomic E-state index is 12.6. The molecular weight excluding hydrogens is 220 g/mol. The molecule has 0 aliphatic heterocycles. The van der Waals surface area contributed by atoms with E-state index in [2.05, 4.69) is 12.2 Å². The summed E-state index contributed by atoms with van der Waals surface area (Å²) in [5.41, 5.74) is 0. The molecule has 0 saturated heterocycles. The summed E-state index contributed by atoms with van der Waals surface area (Å²) in [4.78, 5) is 0. The predicted molar refractivity (Wildman–Crippen MR) is 70.7 cm³/mol. The fourth-order valence-corrected chi connectivity index (χ4v) is 1.97. The Kier molecular flexibility index (Phi) is 12.2. The smallest absolute Gasteiger partial charge is 0.253 e. The minimum Gasteiger partial charge on any atom is -0.309 e. The number of unbranched alkanes of at least 4 members (excludes halogenated alkanes) is 6. The molecule has 104 valence electrons.